The van der Waals surface area contributed by atoms with Gasteiger partial charge in [0.25, 0.3) is 0 Å². The number of aryl methyl sites for hydroxylation is 2. The molecule has 132 valence electrons. The van der Waals surface area contributed by atoms with E-state index in [1.54, 1.807) is 6.07 Å². The molecule has 0 atom stereocenters. The second-order valence-corrected chi connectivity index (χ2v) is 6.63. The molecule has 0 aliphatic heterocycles. The third kappa shape index (κ3) is 4.68. The third-order valence-electron chi connectivity index (χ3n) is 4.58. The van der Waals surface area contributed by atoms with E-state index >= 15 is 0 Å². The van der Waals surface area contributed by atoms with Gasteiger partial charge in [0.05, 0.1) is 0 Å². The summed E-state index contributed by atoms with van der Waals surface area (Å²) in [6.07, 6.45) is 5.74. The van der Waals surface area contributed by atoms with Crippen LogP contribution in [-0.2, 0) is 0 Å². The molecule has 1 aromatic heterocycles. The molecule has 1 aromatic carbocycles. The highest BCUT2D eigenvalue weighted by Crippen LogP contribution is 2.23. The fraction of sp³-hybridized carbons (Fsp3) is 0.421. The molecular weight excluding hydrogens is 314 g/mol. The molecule has 2 amide bonds. The molecule has 25 heavy (non-hydrogen) atoms. The predicted molar refractivity (Wildman–Crippen MR) is 100 cm³/mol. The Kier molecular flexibility index (Phi) is 5.48. The SMILES string of the molecule is Cc1cccc(C)c1Nc1ccc(NC(=O)NC2CCCCC2)nn1. The first-order valence-electron chi connectivity index (χ1n) is 8.86. The molecule has 1 aliphatic carbocycles. The zero-order valence-electron chi connectivity index (χ0n) is 14.8. The summed E-state index contributed by atoms with van der Waals surface area (Å²) in [4.78, 5) is 12.0. The minimum atomic E-state index is -0.211. The van der Waals surface area contributed by atoms with E-state index in [0.29, 0.717) is 11.6 Å². The number of benzene rings is 1. The van der Waals surface area contributed by atoms with Crippen molar-refractivity contribution >= 4 is 23.4 Å². The summed E-state index contributed by atoms with van der Waals surface area (Å²) in [5.41, 5.74) is 3.33. The summed E-state index contributed by atoms with van der Waals surface area (Å²) in [6.45, 7) is 4.10. The van der Waals surface area contributed by atoms with Crippen molar-refractivity contribution in [1.29, 1.82) is 0 Å². The standard InChI is InChI=1S/C19H25N5O/c1-13-7-6-8-14(2)18(13)21-16-11-12-17(24-23-16)22-19(25)20-15-9-4-3-5-10-15/h6-8,11-12,15H,3-5,9-10H2,1-2H3,(H,21,23)(H2,20,22,24,25). The Labute approximate surface area is 148 Å². The lowest BCUT2D eigenvalue weighted by molar-refractivity contribution is 0.244. The normalized spacial score (nSPS) is 14.8. The summed E-state index contributed by atoms with van der Waals surface area (Å²) in [5.74, 6) is 1.09. The molecule has 1 saturated carbocycles. The van der Waals surface area contributed by atoms with Crippen LogP contribution in [0.25, 0.3) is 0 Å². The summed E-state index contributed by atoms with van der Waals surface area (Å²) in [5, 5.41) is 17.3. The Bertz CT molecular complexity index is 703. The zero-order chi connectivity index (χ0) is 17.6. The predicted octanol–water partition coefficient (Wildman–Crippen LogP) is 4.29. The molecule has 3 rings (SSSR count). The fourth-order valence-electron chi connectivity index (χ4n) is 3.19. The smallest absolute Gasteiger partial charge is 0.320 e. The highest BCUT2D eigenvalue weighted by Gasteiger charge is 2.15. The number of para-hydroxylation sites is 1. The summed E-state index contributed by atoms with van der Waals surface area (Å²) in [6, 6.07) is 9.75. The van der Waals surface area contributed by atoms with Gasteiger partial charge in [0.2, 0.25) is 0 Å². The van der Waals surface area contributed by atoms with Crippen LogP contribution in [0.2, 0.25) is 0 Å². The second kappa shape index (κ2) is 7.96. The van der Waals surface area contributed by atoms with Crippen molar-refractivity contribution < 1.29 is 4.79 Å². The highest BCUT2D eigenvalue weighted by atomic mass is 16.2. The van der Waals surface area contributed by atoms with Crippen molar-refractivity contribution in [2.24, 2.45) is 0 Å². The minimum Gasteiger partial charge on any atom is -0.338 e. The number of nitrogens with zero attached hydrogens (tertiary/aromatic N) is 2. The Morgan fingerprint density at radius 1 is 0.960 bits per heavy atom. The molecule has 2 aromatic rings. The van der Waals surface area contributed by atoms with Crippen molar-refractivity contribution in [2.45, 2.75) is 52.0 Å². The lowest BCUT2D eigenvalue weighted by atomic mass is 9.96. The van der Waals surface area contributed by atoms with Gasteiger partial charge in [0.15, 0.2) is 11.6 Å². The van der Waals surface area contributed by atoms with Crippen LogP contribution < -0.4 is 16.0 Å². The topological polar surface area (TPSA) is 78.9 Å². The van der Waals surface area contributed by atoms with E-state index in [4.69, 9.17) is 0 Å². The van der Waals surface area contributed by atoms with Gasteiger partial charge in [-0.15, -0.1) is 10.2 Å². The molecule has 0 spiro atoms. The van der Waals surface area contributed by atoms with E-state index in [9.17, 15) is 4.79 Å². The van der Waals surface area contributed by atoms with Crippen LogP contribution in [0, 0.1) is 13.8 Å². The number of carbonyl (C=O) groups is 1. The Morgan fingerprint density at radius 2 is 1.60 bits per heavy atom. The number of anilines is 3. The van der Waals surface area contributed by atoms with Gasteiger partial charge in [-0.3, -0.25) is 5.32 Å². The second-order valence-electron chi connectivity index (χ2n) is 6.63. The molecule has 0 bridgehead atoms. The maximum atomic E-state index is 12.0. The number of nitrogens with one attached hydrogen (secondary N) is 3. The molecule has 0 radical (unpaired) electrons. The molecular formula is C19H25N5O. The maximum absolute atomic E-state index is 12.0. The fourth-order valence-corrected chi connectivity index (χ4v) is 3.19. The number of hydrogen-bond acceptors (Lipinski definition) is 4. The molecule has 0 saturated heterocycles. The average molecular weight is 339 g/mol. The van der Waals surface area contributed by atoms with Crippen LogP contribution in [-0.4, -0.2) is 22.3 Å². The molecule has 6 heteroatoms. The van der Waals surface area contributed by atoms with Crippen molar-refractivity contribution in [1.82, 2.24) is 15.5 Å². The number of aromatic nitrogens is 2. The van der Waals surface area contributed by atoms with Crippen LogP contribution >= 0.6 is 0 Å². The maximum Gasteiger partial charge on any atom is 0.320 e. The number of rotatable bonds is 4. The number of amides is 2. The third-order valence-corrected chi connectivity index (χ3v) is 4.58. The zero-order valence-corrected chi connectivity index (χ0v) is 14.8. The van der Waals surface area contributed by atoms with Gasteiger partial charge in [0, 0.05) is 11.7 Å². The summed E-state index contributed by atoms with van der Waals surface area (Å²) >= 11 is 0. The van der Waals surface area contributed by atoms with Crippen molar-refractivity contribution in [2.75, 3.05) is 10.6 Å². The quantitative estimate of drug-likeness (QED) is 0.776. The largest absolute Gasteiger partial charge is 0.338 e. The first kappa shape index (κ1) is 17.2. The van der Waals surface area contributed by atoms with Gasteiger partial charge >= 0.3 is 6.03 Å². The summed E-state index contributed by atoms with van der Waals surface area (Å²) in [7, 11) is 0. The van der Waals surface area contributed by atoms with Crippen LogP contribution in [0.15, 0.2) is 30.3 Å². The molecule has 1 aliphatic rings. The average Bonchev–Trinajstić information content (AvgIpc) is 2.60. The van der Waals surface area contributed by atoms with Crippen molar-refractivity contribution in [3.05, 3.63) is 41.5 Å². The van der Waals surface area contributed by atoms with Crippen LogP contribution in [0.5, 0.6) is 0 Å². The van der Waals surface area contributed by atoms with E-state index in [-0.39, 0.29) is 12.1 Å². The van der Waals surface area contributed by atoms with Gasteiger partial charge in [0.1, 0.15) is 0 Å². The molecule has 3 N–H and O–H groups in total. The lowest BCUT2D eigenvalue weighted by Crippen LogP contribution is -2.39. The molecule has 0 unspecified atom stereocenters. The van der Waals surface area contributed by atoms with Crippen LogP contribution in [0.3, 0.4) is 0 Å². The van der Waals surface area contributed by atoms with Gasteiger partial charge in [-0.25, -0.2) is 4.79 Å². The van der Waals surface area contributed by atoms with Gasteiger partial charge in [-0.05, 0) is 49.9 Å². The van der Waals surface area contributed by atoms with Crippen molar-refractivity contribution in [3.63, 3.8) is 0 Å². The Balaban J connectivity index is 1.57. The molecule has 6 nitrogen and oxygen atoms in total. The van der Waals surface area contributed by atoms with Gasteiger partial charge in [-0.2, -0.15) is 0 Å². The first-order chi connectivity index (χ1) is 12.1. The van der Waals surface area contributed by atoms with E-state index in [2.05, 4.69) is 26.1 Å². The monoisotopic (exact) mass is 339 g/mol. The van der Waals surface area contributed by atoms with Crippen LogP contribution in [0.4, 0.5) is 22.1 Å². The number of urea groups is 1. The van der Waals surface area contributed by atoms with Gasteiger partial charge < -0.3 is 10.6 Å². The van der Waals surface area contributed by atoms with Crippen LogP contribution in [0.1, 0.15) is 43.2 Å². The number of hydrogen-bond donors (Lipinski definition) is 3. The van der Waals surface area contributed by atoms with Gasteiger partial charge in [-0.1, -0.05) is 37.5 Å². The molecule has 1 fully saturated rings. The minimum absolute atomic E-state index is 0.211. The van der Waals surface area contributed by atoms with E-state index in [1.165, 1.54) is 19.3 Å². The van der Waals surface area contributed by atoms with E-state index in [0.717, 1.165) is 29.7 Å². The van der Waals surface area contributed by atoms with E-state index < -0.39 is 0 Å². The highest BCUT2D eigenvalue weighted by molar-refractivity contribution is 5.88. The van der Waals surface area contributed by atoms with E-state index in [1.807, 2.05) is 38.1 Å². The Morgan fingerprint density at radius 3 is 2.24 bits per heavy atom. The first-order valence-corrected chi connectivity index (χ1v) is 8.86. The van der Waals surface area contributed by atoms with Crippen molar-refractivity contribution in [3.8, 4) is 0 Å². The lowest BCUT2D eigenvalue weighted by Gasteiger charge is -2.22. The molecule has 1 heterocycles. The number of carbonyl (C=O) groups excluding carboxylic acids is 1. The summed E-state index contributed by atoms with van der Waals surface area (Å²) < 4.78 is 0. The Hall–Kier alpha value is -2.63.